The number of aromatic hydroxyl groups is 1. The maximum Gasteiger partial charge on any atom is 0.234 e. The second-order valence-electron chi connectivity index (χ2n) is 4.10. The molecule has 2 rings (SSSR count). The number of sulfonamides is 1. The van der Waals surface area contributed by atoms with Gasteiger partial charge in [0.2, 0.25) is 15.3 Å². The van der Waals surface area contributed by atoms with Crippen molar-refractivity contribution in [1.82, 2.24) is 9.97 Å². The highest BCUT2D eigenvalue weighted by Crippen LogP contribution is 2.45. The second-order valence-corrected chi connectivity index (χ2v) is 7.16. The zero-order valence-electron chi connectivity index (χ0n) is 9.72. The number of rotatable bonds is 2. The van der Waals surface area contributed by atoms with Gasteiger partial charge in [-0.05, 0) is 23.8 Å². The van der Waals surface area contributed by atoms with Crippen LogP contribution in [0.2, 0.25) is 5.28 Å². The summed E-state index contributed by atoms with van der Waals surface area (Å²) in [5.74, 6) is -0.333. The highest BCUT2D eigenvalue weighted by Gasteiger charge is 2.38. The van der Waals surface area contributed by atoms with Crippen molar-refractivity contribution in [3.63, 3.8) is 0 Å². The lowest BCUT2D eigenvalue weighted by atomic mass is 9.95. The molecule has 20 heavy (non-hydrogen) atoms. The molecule has 0 bridgehead atoms. The molecule has 3 N–H and O–H groups in total. The zero-order valence-corrected chi connectivity index (χ0v) is 12.8. The standard InChI is InChI=1S/C10H8Cl3N3O3S/c11-5-1-6(20(14,18)19)3-10(13,2-5)8-7(17)4-15-9(12)16-8/h1-2,4,17H,3H2,(H2,14,18,19). The minimum Gasteiger partial charge on any atom is -0.504 e. The molecule has 0 saturated carbocycles. The van der Waals surface area contributed by atoms with Crippen LogP contribution in [-0.4, -0.2) is 23.5 Å². The Morgan fingerprint density at radius 2 is 2.05 bits per heavy atom. The van der Waals surface area contributed by atoms with Gasteiger partial charge in [0.15, 0.2) is 5.75 Å². The third-order valence-electron chi connectivity index (χ3n) is 2.60. The van der Waals surface area contributed by atoms with Gasteiger partial charge < -0.3 is 5.11 Å². The molecule has 0 fully saturated rings. The lowest BCUT2D eigenvalue weighted by Crippen LogP contribution is -2.27. The molecule has 1 aromatic heterocycles. The fourth-order valence-corrected chi connectivity index (χ4v) is 3.54. The van der Waals surface area contributed by atoms with Crippen LogP contribution in [0.25, 0.3) is 0 Å². The smallest absolute Gasteiger partial charge is 0.234 e. The van der Waals surface area contributed by atoms with Crippen LogP contribution in [0.15, 0.2) is 28.3 Å². The summed E-state index contributed by atoms with van der Waals surface area (Å²) in [5, 5.41) is 14.8. The largest absolute Gasteiger partial charge is 0.504 e. The Bertz CT molecular complexity index is 733. The van der Waals surface area contributed by atoms with E-state index in [2.05, 4.69) is 9.97 Å². The third-order valence-corrected chi connectivity index (χ3v) is 4.41. The first-order valence-electron chi connectivity index (χ1n) is 5.14. The lowest BCUT2D eigenvalue weighted by molar-refractivity contribution is 0.452. The van der Waals surface area contributed by atoms with Gasteiger partial charge in [-0.15, -0.1) is 11.6 Å². The van der Waals surface area contributed by atoms with Gasteiger partial charge in [-0.1, -0.05) is 11.6 Å². The van der Waals surface area contributed by atoms with Crippen molar-refractivity contribution in [1.29, 1.82) is 0 Å². The molecule has 1 unspecified atom stereocenters. The Hall–Kier alpha value is -0.860. The van der Waals surface area contributed by atoms with Crippen LogP contribution in [0, 0.1) is 0 Å². The summed E-state index contributed by atoms with van der Waals surface area (Å²) < 4.78 is 22.9. The van der Waals surface area contributed by atoms with Crippen LogP contribution >= 0.6 is 34.8 Å². The molecule has 1 atom stereocenters. The number of primary sulfonamides is 1. The molecule has 1 heterocycles. The van der Waals surface area contributed by atoms with Crippen molar-refractivity contribution in [2.45, 2.75) is 11.3 Å². The summed E-state index contributed by atoms with van der Waals surface area (Å²) in [5.41, 5.74) is -0.0495. The Balaban J connectivity index is 2.57. The number of nitrogens with two attached hydrogens (primary N) is 1. The predicted octanol–water partition coefficient (Wildman–Crippen LogP) is 1.97. The minimum atomic E-state index is -3.97. The lowest BCUT2D eigenvalue weighted by Gasteiger charge is -2.27. The Labute approximate surface area is 129 Å². The number of hydrogen-bond donors (Lipinski definition) is 2. The SMILES string of the molecule is NS(=O)(=O)C1=CC(Cl)=CC(Cl)(c2nc(Cl)ncc2O)C1. The highest BCUT2D eigenvalue weighted by molar-refractivity contribution is 7.93. The van der Waals surface area contributed by atoms with Crippen LogP contribution in [0.1, 0.15) is 12.1 Å². The number of aromatic nitrogens is 2. The minimum absolute atomic E-state index is 0.0495. The molecule has 0 aliphatic heterocycles. The van der Waals surface area contributed by atoms with Crippen LogP contribution in [0.3, 0.4) is 0 Å². The van der Waals surface area contributed by atoms with E-state index in [9.17, 15) is 13.5 Å². The van der Waals surface area contributed by atoms with Crippen LogP contribution < -0.4 is 5.14 Å². The summed E-state index contributed by atoms with van der Waals surface area (Å²) in [6.45, 7) is 0. The van der Waals surface area contributed by atoms with Crippen molar-refractivity contribution in [3.05, 3.63) is 39.3 Å². The monoisotopic (exact) mass is 355 g/mol. The van der Waals surface area contributed by atoms with Crippen molar-refractivity contribution >= 4 is 44.8 Å². The van der Waals surface area contributed by atoms with E-state index in [1.54, 1.807) is 0 Å². The van der Waals surface area contributed by atoms with Crippen molar-refractivity contribution < 1.29 is 13.5 Å². The van der Waals surface area contributed by atoms with Crippen LogP contribution in [-0.2, 0) is 14.9 Å². The van der Waals surface area contributed by atoms with Gasteiger partial charge in [0.25, 0.3) is 0 Å². The molecule has 0 aromatic carbocycles. The summed E-state index contributed by atoms with van der Waals surface area (Å²) in [7, 11) is -3.97. The number of alkyl halides is 1. The van der Waals surface area contributed by atoms with Gasteiger partial charge in [0, 0.05) is 11.5 Å². The second kappa shape index (κ2) is 5.16. The van der Waals surface area contributed by atoms with E-state index in [1.165, 1.54) is 12.2 Å². The van der Waals surface area contributed by atoms with E-state index in [0.717, 1.165) is 6.20 Å². The van der Waals surface area contributed by atoms with Crippen molar-refractivity contribution in [3.8, 4) is 5.75 Å². The summed E-state index contributed by atoms with van der Waals surface area (Å²) in [6, 6.07) is 0. The predicted molar refractivity (Wildman–Crippen MR) is 76.0 cm³/mol. The third kappa shape index (κ3) is 3.07. The average molecular weight is 357 g/mol. The molecule has 6 nitrogen and oxygen atoms in total. The van der Waals surface area contributed by atoms with E-state index in [1.807, 2.05) is 0 Å². The van der Waals surface area contributed by atoms with E-state index in [-0.39, 0.29) is 33.1 Å². The fourth-order valence-electron chi connectivity index (χ4n) is 1.76. The molecule has 0 saturated heterocycles. The highest BCUT2D eigenvalue weighted by atomic mass is 35.5. The first-order valence-corrected chi connectivity index (χ1v) is 7.82. The maximum atomic E-state index is 11.4. The number of allylic oxidation sites excluding steroid dienone is 4. The normalized spacial score (nSPS) is 23.2. The number of hydrogen-bond acceptors (Lipinski definition) is 5. The van der Waals surface area contributed by atoms with E-state index < -0.39 is 14.9 Å². The molecule has 0 spiro atoms. The van der Waals surface area contributed by atoms with Crippen LogP contribution in [0.4, 0.5) is 0 Å². The molecular formula is C10H8Cl3N3O3S. The van der Waals surface area contributed by atoms with Crippen molar-refractivity contribution in [2.24, 2.45) is 5.14 Å². The van der Waals surface area contributed by atoms with E-state index >= 15 is 0 Å². The maximum absolute atomic E-state index is 11.4. The topological polar surface area (TPSA) is 106 Å². The van der Waals surface area contributed by atoms with Crippen LogP contribution in [0.5, 0.6) is 5.75 Å². The van der Waals surface area contributed by atoms with Gasteiger partial charge in [0.05, 0.1) is 11.1 Å². The Morgan fingerprint density at radius 3 is 2.65 bits per heavy atom. The first kappa shape index (κ1) is 15.5. The number of nitrogens with zero attached hydrogens (tertiary/aromatic N) is 2. The molecule has 108 valence electrons. The molecule has 1 aliphatic carbocycles. The van der Waals surface area contributed by atoms with Gasteiger partial charge in [-0.3, -0.25) is 0 Å². The van der Waals surface area contributed by atoms with E-state index in [4.69, 9.17) is 39.9 Å². The molecule has 0 radical (unpaired) electrons. The Kier molecular flexibility index (Phi) is 4.01. The van der Waals surface area contributed by atoms with Gasteiger partial charge in [0.1, 0.15) is 10.6 Å². The number of halogens is 3. The Morgan fingerprint density at radius 1 is 1.40 bits per heavy atom. The molecule has 0 amide bonds. The average Bonchev–Trinajstić information content (AvgIpc) is 2.30. The van der Waals surface area contributed by atoms with Gasteiger partial charge >= 0.3 is 0 Å². The first-order chi connectivity index (χ1) is 9.12. The van der Waals surface area contributed by atoms with Crippen molar-refractivity contribution in [2.75, 3.05) is 0 Å². The quantitative estimate of drug-likeness (QED) is 0.622. The summed E-state index contributed by atoms with van der Waals surface area (Å²) in [6.07, 6.45) is 3.39. The van der Waals surface area contributed by atoms with Gasteiger partial charge in [-0.2, -0.15) is 0 Å². The fraction of sp³-hybridized carbons (Fsp3) is 0.200. The van der Waals surface area contributed by atoms with E-state index in [0.29, 0.717) is 0 Å². The molecule has 1 aromatic rings. The molecule has 1 aliphatic rings. The zero-order chi connectivity index (χ0) is 15.1. The summed E-state index contributed by atoms with van der Waals surface area (Å²) >= 11 is 17.9. The molecule has 10 heteroatoms. The summed E-state index contributed by atoms with van der Waals surface area (Å²) in [4.78, 5) is 5.76. The molecular weight excluding hydrogens is 349 g/mol. The van der Waals surface area contributed by atoms with Gasteiger partial charge in [-0.25, -0.2) is 23.5 Å².